The number of rotatable bonds is 5. The van der Waals surface area contributed by atoms with Crippen molar-refractivity contribution in [1.82, 2.24) is 0 Å². The van der Waals surface area contributed by atoms with Gasteiger partial charge in [-0.1, -0.05) is 13.8 Å². The van der Waals surface area contributed by atoms with Gasteiger partial charge in [0.1, 0.15) is 5.54 Å². The van der Waals surface area contributed by atoms with Crippen molar-refractivity contribution in [3.05, 3.63) is 0 Å². The fourth-order valence-corrected chi connectivity index (χ4v) is 0.842. The maximum Gasteiger partial charge on any atom is 0.325 e. The molecule has 0 saturated heterocycles. The Kier molecular flexibility index (Phi) is 4.99. The molecule has 0 bridgehead atoms. The molecule has 0 aromatic heterocycles. The maximum absolute atomic E-state index is 11.2. The van der Waals surface area contributed by atoms with Crippen molar-refractivity contribution < 1.29 is 9.53 Å². The highest BCUT2D eigenvalue weighted by atomic mass is 16.5. The van der Waals surface area contributed by atoms with Gasteiger partial charge in [0.05, 0.1) is 6.61 Å². The minimum atomic E-state index is -0.863. The predicted molar refractivity (Wildman–Crippen MR) is 53.3 cm³/mol. The van der Waals surface area contributed by atoms with Crippen LogP contribution in [0.1, 0.15) is 40.5 Å². The molecule has 2 N–H and O–H groups in total. The van der Waals surface area contributed by atoms with E-state index in [0.29, 0.717) is 12.5 Å². The molecule has 0 heterocycles. The molecule has 0 amide bonds. The van der Waals surface area contributed by atoms with Crippen LogP contribution < -0.4 is 5.73 Å². The zero-order valence-corrected chi connectivity index (χ0v) is 9.09. The minimum absolute atomic E-state index is 0.323. The summed E-state index contributed by atoms with van der Waals surface area (Å²) < 4.78 is 4.99. The molecule has 78 valence electrons. The Morgan fingerprint density at radius 1 is 1.46 bits per heavy atom. The average molecular weight is 187 g/mol. The lowest BCUT2D eigenvalue weighted by molar-refractivity contribution is -0.149. The zero-order chi connectivity index (χ0) is 10.5. The van der Waals surface area contributed by atoms with Crippen molar-refractivity contribution in [1.29, 1.82) is 0 Å². The van der Waals surface area contributed by atoms with Crippen LogP contribution in [0.5, 0.6) is 0 Å². The summed E-state index contributed by atoms with van der Waals surface area (Å²) in [4.78, 5) is 11.2. The van der Waals surface area contributed by atoms with Gasteiger partial charge in [0.2, 0.25) is 0 Å². The molecule has 0 aliphatic rings. The second-order valence-electron chi connectivity index (χ2n) is 4.39. The van der Waals surface area contributed by atoms with Gasteiger partial charge >= 0.3 is 5.97 Å². The molecule has 0 aliphatic carbocycles. The molecular formula is C10H21NO2. The summed E-state index contributed by atoms with van der Waals surface area (Å²) in [6, 6.07) is 0. The molecule has 0 aliphatic heterocycles. The zero-order valence-electron chi connectivity index (χ0n) is 9.09. The van der Waals surface area contributed by atoms with Gasteiger partial charge in [0.15, 0.2) is 0 Å². The third kappa shape index (κ3) is 6.58. The Morgan fingerprint density at radius 2 is 2.00 bits per heavy atom. The van der Waals surface area contributed by atoms with Gasteiger partial charge in [-0.3, -0.25) is 4.79 Å². The smallest absolute Gasteiger partial charge is 0.325 e. The van der Waals surface area contributed by atoms with Gasteiger partial charge in [-0.05, 0) is 32.6 Å². The number of esters is 1. The average Bonchev–Trinajstić information content (AvgIpc) is 1.95. The van der Waals surface area contributed by atoms with Crippen molar-refractivity contribution in [2.24, 2.45) is 11.7 Å². The molecule has 0 unspecified atom stereocenters. The van der Waals surface area contributed by atoms with E-state index in [1.807, 2.05) is 0 Å². The summed E-state index contributed by atoms with van der Waals surface area (Å²) in [6.45, 7) is 8.08. The number of nitrogens with two attached hydrogens (primary N) is 1. The Bertz CT molecular complexity index is 159. The molecule has 0 saturated carbocycles. The molecule has 0 spiro atoms. The van der Waals surface area contributed by atoms with E-state index < -0.39 is 5.54 Å². The molecule has 0 atom stereocenters. The fraction of sp³-hybridized carbons (Fsp3) is 0.900. The lowest BCUT2D eigenvalue weighted by Gasteiger charge is -2.16. The first-order chi connectivity index (χ1) is 5.84. The lowest BCUT2D eigenvalue weighted by Crippen LogP contribution is -2.42. The molecule has 0 fully saturated rings. The van der Waals surface area contributed by atoms with Crippen molar-refractivity contribution in [2.45, 2.75) is 46.1 Å². The Hall–Kier alpha value is -0.570. The number of hydrogen-bond acceptors (Lipinski definition) is 3. The topological polar surface area (TPSA) is 52.3 Å². The number of ether oxygens (including phenoxy) is 1. The highest BCUT2D eigenvalue weighted by Gasteiger charge is 2.23. The van der Waals surface area contributed by atoms with Crippen molar-refractivity contribution in [3.8, 4) is 0 Å². The van der Waals surface area contributed by atoms with E-state index in [4.69, 9.17) is 10.5 Å². The lowest BCUT2D eigenvalue weighted by atomic mass is 10.1. The largest absolute Gasteiger partial charge is 0.464 e. The van der Waals surface area contributed by atoms with Crippen LogP contribution in [0, 0.1) is 5.92 Å². The summed E-state index contributed by atoms with van der Waals surface area (Å²) in [5, 5.41) is 0. The van der Waals surface area contributed by atoms with Gasteiger partial charge in [0.25, 0.3) is 0 Å². The van der Waals surface area contributed by atoms with Gasteiger partial charge in [0, 0.05) is 0 Å². The van der Waals surface area contributed by atoms with Crippen LogP contribution in [0.2, 0.25) is 0 Å². The van der Waals surface area contributed by atoms with Gasteiger partial charge in [-0.25, -0.2) is 0 Å². The quantitative estimate of drug-likeness (QED) is 0.526. The van der Waals surface area contributed by atoms with Crippen LogP contribution in [-0.2, 0) is 9.53 Å². The highest BCUT2D eigenvalue weighted by molar-refractivity contribution is 5.79. The Balaban J connectivity index is 3.49. The number of hydrogen-bond donors (Lipinski definition) is 1. The standard InChI is InChI=1S/C10H21NO2/c1-8(2)6-5-7-13-9(12)10(3,4)11/h8H,5-7,11H2,1-4H3. The van der Waals surface area contributed by atoms with Crippen LogP contribution in [-0.4, -0.2) is 18.1 Å². The molecule has 0 aromatic carbocycles. The van der Waals surface area contributed by atoms with E-state index in [-0.39, 0.29) is 5.97 Å². The molecular weight excluding hydrogens is 166 g/mol. The summed E-state index contributed by atoms with van der Waals surface area (Å²) >= 11 is 0. The SMILES string of the molecule is CC(C)CCCOC(=O)C(C)(C)N. The summed E-state index contributed by atoms with van der Waals surface area (Å²) in [5.41, 5.74) is 4.68. The minimum Gasteiger partial charge on any atom is -0.464 e. The first-order valence-corrected chi connectivity index (χ1v) is 4.80. The van der Waals surface area contributed by atoms with E-state index in [1.165, 1.54) is 0 Å². The summed E-state index contributed by atoms with van der Waals surface area (Å²) in [5.74, 6) is 0.334. The van der Waals surface area contributed by atoms with E-state index in [9.17, 15) is 4.79 Å². The maximum atomic E-state index is 11.2. The second-order valence-corrected chi connectivity index (χ2v) is 4.39. The third-order valence-electron chi connectivity index (χ3n) is 1.69. The summed E-state index contributed by atoms with van der Waals surface area (Å²) in [7, 11) is 0. The molecule has 0 aromatic rings. The van der Waals surface area contributed by atoms with Gasteiger partial charge in [-0.15, -0.1) is 0 Å². The Morgan fingerprint density at radius 3 is 2.38 bits per heavy atom. The van der Waals surface area contributed by atoms with Crippen molar-refractivity contribution in [3.63, 3.8) is 0 Å². The monoisotopic (exact) mass is 187 g/mol. The van der Waals surface area contributed by atoms with Gasteiger partial charge in [-0.2, -0.15) is 0 Å². The highest BCUT2D eigenvalue weighted by Crippen LogP contribution is 2.05. The van der Waals surface area contributed by atoms with Crippen molar-refractivity contribution in [2.75, 3.05) is 6.61 Å². The summed E-state index contributed by atoms with van der Waals surface area (Å²) in [6.07, 6.45) is 2.00. The predicted octanol–water partition coefficient (Wildman–Crippen LogP) is 1.70. The van der Waals surface area contributed by atoms with E-state index >= 15 is 0 Å². The molecule has 0 rings (SSSR count). The Labute approximate surface area is 80.6 Å². The molecule has 3 heteroatoms. The van der Waals surface area contributed by atoms with E-state index in [1.54, 1.807) is 13.8 Å². The molecule has 3 nitrogen and oxygen atoms in total. The van der Waals surface area contributed by atoms with E-state index in [2.05, 4.69) is 13.8 Å². The van der Waals surface area contributed by atoms with Crippen LogP contribution in [0.4, 0.5) is 0 Å². The van der Waals surface area contributed by atoms with Crippen LogP contribution >= 0.6 is 0 Å². The van der Waals surface area contributed by atoms with Crippen LogP contribution in [0.3, 0.4) is 0 Å². The van der Waals surface area contributed by atoms with Gasteiger partial charge < -0.3 is 10.5 Å². The fourth-order valence-electron chi connectivity index (χ4n) is 0.842. The third-order valence-corrected chi connectivity index (χ3v) is 1.69. The van der Waals surface area contributed by atoms with Crippen LogP contribution in [0.25, 0.3) is 0 Å². The second kappa shape index (κ2) is 5.22. The van der Waals surface area contributed by atoms with Crippen molar-refractivity contribution >= 4 is 5.97 Å². The number of carbonyl (C=O) groups excluding carboxylic acids is 1. The first-order valence-electron chi connectivity index (χ1n) is 4.80. The first kappa shape index (κ1) is 12.4. The number of carbonyl (C=O) groups is 1. The molecule has 13 heavy (non-hydrogen) atoms. The van der Waals surface area contributed by atoms with E-state index in [0.717, 1.165) is 12.8 Å². The molecule has 0 radical (unpaired) electrons. The normalized spacial score (nSPS) is 11.8. The van der Waals surface area contributed by atoms with Crippen LogP contribution in [0.15, 0.2) is 0 Å².